The number of methoxy groups -OCH3 is 1. The van der Waals surface area contributed by atoms with Crippen molar-refractivity contribution in [1.29, 1.82) is 0 Å². The molecule has 0 unspecified atom stereocenters. The van der Waals surface area contributed by atoms with Crippen molar-refractivity contribution in [3.63, 3.8) is 0 Å². The highest BCUT2D eigenvalue weighted by atomic mass is 35.5. The topological polar surface area (TPSA) is 72.7 Å². The van der Waals surface area contributed by atoms with Gasteiger partial charge in [0, 0.05) is 23.2 Å². The molecule has 0 atom stereocenters. The highest BCUT2D eigenvalue weighted by molar-refractivity contribution is 6.30. The van der Waals surface area contributed by atoms with Crippen LogP contribution in [-0.4, -0.2) is 36.5 Å². The Hall–Kier alpha value is -1.66. The number of esters is 1. The molecule has 0 aliphatic rings. The van der Waals surface area contributed by atoms with Crippen molar-refractivity contribution < 1.29 is 14.5 Å². The Morgan fingerprint density at radius 2 is 2.22 bits per heavy atom. The van der Waals surface area contributed by atoms with Crippen LogP contribution in [0.15, 0.2) is 18.2 Å². The highest BCUT2D eigenvalue weighted by Crippen LogP contribution is 2.24. The van der Waals surface area contributed by atoms with E-state index in [1.807, 2.05) is 0 Å². The molecule has 98 valence electrons. The minimum absolute atomic E-state index is 0.0563. The van der Waals surface area contributed by atoms with Gasteiger partial charge in [0.15, 0.2) is 0 Å². The minimum Gasteiger partial charge on any atom is -0.468 e. The maximum Gasteiger partial charge on any atom is 0.319 e. The second kappa shape index (κ2) is 6.32. The smallest absolute Gasteiger partial charge is 0.319 e. The fraction of sp³-hybridized carbons (Fsp3) is 0.364. The molecule has 0 radical (unpaired) electrons. The van der Waals surface area contributed by atoms with E-state index < -0.39 is 10.9 Å². The van der Waals surface area contributed by atoms with Crippen molar-refractivity contribution in [2.45, 2.75) is 6.54 Å². The molecule has 7 heteroatoms. The van der Waals surface area contributed by atoms with Gasteiger partial charge in [0.05, 0.1) is 18.6 Å². The molecule has 18 heavy (non-hydrogen) atoms. The molecule has 1 aromatic carbocycles. The monoisotopic (exact) mass is 272 g/mol. The normalized spacial score (nSPS) is 10.4. The van der Waals surface area contributed by atoms with E-state index in [4.69, 9.17) is 11.6 Å². The van der Waals surface area contributed by atoms with Crippen molar-refractivity contribution in [1.82, 2.24) is 4.90 Å². The van der Waals surface area contributed by atoms with Crippen LogP contribution in [0.5, 0.6) is 0 Å². The summed E-state index contributed by atoms with van der Waals surface area (Å²) in [5, 5.41) is 11.2. The summed E-state index contributed by atoms with van der Waals surface area (Å²) in [7, 11) is 2.97. The number of benzene rings is 1. The lowest BCUT2D eigenvalue weighted by Crippen LogP contribution is -2.26. The summed E-state index contributed by atoms with van der Waals surface area (Å²) >= 11 is 5.71. The van der Waals surface area contributed by atoms with Crippen molar-refractivity contribution in [3.8, 4) is 0 Å². The molecule has 1 rings (SSSR count). The first-order valence-corrected chi connectivity index (χ1v) is 5.50. The third kappa shape index (κ3) is 3.97. The lowest BCUT2D eigenvalue weighted by atomic mass is 10.1. The number of hydrogen-bond acceptors (Lipinski definition) is 5. The molecule has 1 aromatic rings. The van der Waals surface area contributed by atoms with Gasteiger partial charge < -0.3 is 4.74 Å². The maximum absolute atomic E-state index is 11.1. The maximum atomic E-state index is 11.1. The lowest BCUT2D eigenvalue weighted by molar-refractivity contribution is -0.385. The van der Waals surface area contributed by atoms with E-state index >= 15 is 0 Å². The number of halogens is 1. The first kappa shape index (κ1) is 14.4. The fourth-order valence-electron chi connectivity index (χ4n) is 1.47. The van der Waals surface area contributed by atoms with Gasteiger partial charge in [-0.2, -0.15) is 0 Å². The van der Waals surface area contributed by atoms with Gasteiger partial charge in [-0.3, -0.25) is 19.8 Å². The number of hydrogen-bond donors (Lipinski definition) is 0. The van der Waals surface area contributed by atoms with E-state index in [1.54, 1.807) is 24.1 Å². The Bertz CT molecular complexity index is 464. The Balaban J connectivity index is 2.84. The minimum atomic E-state index is -0.493. The average Bonchev–Trinajstić information content (AvgIpc) is 2.30. The lowest BCUT2D eigenvalue weighted by Gasteiger charge is -2.15. The number of nitro benzene ring substituents is 1. The van der Waals surface area contributed by atoms with Crippen LogP contribution < -0.4 is 0 Å². The summed E-state index contributed by atoms with van der Waals surface area (Å²) in [5.41, 5.74) is 0.440. The van der Waals surface area contributed by atoms with Crippen molar-refractivity contribution in [3.05, 3.63) is 38.9 Å². The Morgan fingerprint density at radius 1 is 1.56 bits per heavy atom. The number of likely N-dealkylation sites (N-methyl/N-ethyl adjacent to an activating group) is 1. The van der Waals surface area contributed by atoms with E-state index in [2.05, 4.69) is 4.74 Å². The third-order valence-electron chi connectivity index (χ3n) is 2.31. The van der Waals surface area contributed by atoms with Crippen LogP contribution in [0.25, 0.3) is 0 Å². The van der Waals surface area contributed by atoms with Crippen LogP contribution in [-0.2, 0) is 16.1 Å². The summed E-state index contributed by atoms with van der Waals surface area (Å²) in [6.07, 6.45) is 0. The molecule has 0 N–H and O–H groups in total. The van der Waals surface area contributed by atoms with Crippen LogP contribution in [0, 0.1) is 10.1 Å². The largest absolute Gasteiger partial charge is 0.468 e. The molecule has 0 spiro atoms. The predicted molar refractivity (Wildman–Crippen MR) is 66.5 cm³/mol. The second-order valence-corrected chi connectivity index (χ2v) is 4.22. The van der Waals surface area contributed by atoms with E-state index in [1.165, 1.54) is 13.2 Å². The Morgan fingerprint density at radius 3 is 2.78 bits per heavy atom. The van der Waals surface area contributed by atoms with Gasteiger partial charge in [-0.25, -0.2) is 0 Å². The fourth-order valence-corrected chi connectivity index (χ4v) is 1.64. The molecular formula is C11H13ClN2O4. The first-order valence-electron chi connectivity index (χ1n) is 5.12. The van der Waals surface area contributed by atoms with Crippen LogP contribution in [0.4, 0.5) is 5.69 Å². The quantitative estimate of drug-likeness (QED) is 0.465. The SMILES string of the molecule is COC(=O)CN(C)Cc1ccc(Cl)cc1[N+](=O)[O-]. The van der Waals surface area contributed by atoms with Gasteiger partial charge in [-0.05, 0) is 19.2 Å². The molecule has 6 nitrogen and oxygen atoms in total. The molecular weight excluding hydrogens is 260 g/mol. The van der Waals surface area contributed by atoms with Crippen molar-refractivity contribution in [2.24, 2.45) is 0 Å². The molecule has 0 aromatic heterocycles. The number of carbonyl (C=O) groups is 1. The van der Waals surface area contributed by atoms with E-state index in [9.17, 15) is 14.9 Å². The molecule has 0 saturated heterocycles. The Labute approximate surface area is 109 Å². The summed E-state index contributed by atoms with van der Waals surface area (Å²) in [4.78, 5) is 23.1. The predicted octanol–water partition coefficient (Wildman–Crippen LogP) is 1.85. The van der Waals surface area contributed by atoms with Crippen LogP contribution >= 0.6 is 11.6 Å². The Kier molecular flexibility index (Phi) is 5.06. The molecule has 0 heterocycles. The second-order valence-electron chi connectivity index (χ2n) is 3.78. The number of carbonyl (C=O) groups excluding carboxylic acids is 1. The average molecular weight is 273 g/mol. The summed E-state index contributed by atoms with van der Waals surface area (Å²) in [6, 6.07) is 4.45. The molecule has 0 aliphatic heterocycles. The summed E-state index contributed by atoms with van der Waals surface area (Å²) in [6.45, 7) is 0.332. The zero-order chi connectivity index (χ0) is 13.7. The van der Waals surface area contributed by atoms with Crippen molar-refractivity contribution >= 4 is 23.3 Å². The number of nitro groups is 1. The standard InChI is InChI=1S/C11H13ClN2O4/c1-13(7-11(15)18-2)6-8-3-4-9(12)5-10(8)14(16)17/h3-5H,6-7H2,1-2H3. The highest BCUT2D eigenvalue weighted by Gasteiger charge is 2.16. The summed E-state index contributed by atoms with van der Waals surface area (Å²) < 4.78 is 4.52. The van der Waals surface area contributed by atoms with E-state index in [0.717, 1.165) is 0 Å². The number of nitrogens with zero attached hydrogens (tertiary/aromatic N) is 2. The van der Waals surface area contributed by atoms with Crippen LogP contribution in [0.1, 0.15) is 5.56 Å². The zero-order valence-corrected chi connectivity index (χ0v) is 10.8. The van der Waals surface area contributed by atoms with Gasteiger partial charge in [0.2, 0.25) is 0 Å². The molecule has 0 fully saturated rings. The van der Waals surface area contributed by atoms with Crippen molar-refractivity contribution in [2.75, 3.05) is 20.7 Å². The van der Waals surface area contributed by atoms with Gasteiger partial charge in [0.1, 0.15) is 0 Å². The zero-order valence-electron chi connectivity index (χ0n) is 10.1. The first-order chi connectivity index (χ1) is 8.43. The van der Waals surface area contributed by atoms with Crippen LogP contribution in [0.3, 0.4) is 0 Å². The van der Waals surface area contributed by atoms with Gasteiger partial charge in [-0.1, -0.05) is 11.6 Å². The molecule has 0 saturated carbocycles. The third-order valence-corrected chi connectivity index (χ3v) is 2.55. The van der Waals surface area contributed by atoms with E-state index in [-0.39, 0.29) is 18.8 Å². The molecule has 0 bridgehead atoms. The molecule has 0 amide bonds. The molecule has 0 aliphatic carbocycles. The number of rotatable bonds is 5. The number of ether oxygens (including phenoxy) is 1. The van der Waals surface area contributed by atoms with Gasteiger partial charge in [0.25, 0.3) is 5.69 Å². The summed E-state index contributed by atoms with van der Waals surface area (Å²) in [5.74, 6) is -0.394. The van der Waals surface area contributed by atoms with Gasteiger partial charge in [-0.15, -0.1) is 0 Å². The van der Waals surface area contributed by atoms with Crippen LogP contribution in [0.2, 0.25) is 5.02 Å². The van der Waals surface area contributed by atoms with Gasteiger partial charge >= 0.3 is 5.97 Å². The van der Waals surface area contributed by atoms with E-state index in [0.29, 0.717) is 10.6 Å².